The summed E-state index contributed by atoms with van der Waals surface area (Å²) < 4.78 is 4.66. The molecule has 0 aromatic rings. The maximum Gasteiger partial charge on any atom is 0.302 e. The normalized spacial score (nSPS) is 9.27. The lowest BCUT2D eigenvalue weighted by atomic mass is 10.5. The molecule has 0 aromatic carbocycles. The van der Waals surface area contributed by atoms with Crippen molar-refractivity contribution in [1.29, 1.82) is 0 Å². The van der Waals surface area contributed by atoms with E-state index in [-0.39, 0.29) is 11.1 Å². The van der Waals surface area contributed by atoms with Crippen LogP contribution in [0, 0.1) is 0 Å². The summed E-state index contributed by atoms with van der Waals surface area (Å²) in [6, 6.07) is 0. The molecule has 0 saturated carbocycles. The smallest absolute Gasteiger partial charge is 0.302 e. The molecule has 0 spiro atoms. The third-order valence-electron chi connectivity index (χ3n) is 0.899. The van der Waals surface area contributed by atoms with Gasteiger partial charge in [-0.25, -0.2) is 0 Å². The third-order valence-corrected chi connectivity index (χ3v) is 1.80. The van der Waals surface area contributed by atoms with Crippen molar-refractivity contribution in [3.8, 4) is 0 Å². The first-order valence-corrected chi connectivity index (χ1v) is 4.38. The summed E-state index contributed by atoms with van der Waals surface area (Å²) in [4.78, 5) is 20.6. The van der Waals surface area contributed by atoms with Crippen molar-refractivity contribution in [2.75, 3.05) is 12.4 Å². The lowest BCUT2D eigenvalue weighted by Gasteiger charge is -1.99. The molecule has 0 rings (SSSR count). The Kier molecular flexibility index (Phi) is 5.93. The molecule has 0 aliphatic rings. The molecule has 0 atom stereocenters. The predicted octanol–water partition coefficient (Wildman–Crippen LogP) is 1.22. The van der Waals surface area contributed by atoms with Crippen molar-refractivity contribution >= 4 is 22.8 Å². The van der Waals surface area contributed by atoms with Crippen molar-refractivity contribution in [2.24, 2.45) is 0 Å². The van der Waals surface area contributed by atoms with Gasteiger partial charge in [-0.3, -0.25) is 9.59 Å². The summed E-state index contributed by atoms with van der Waals surface area (Å²) in [5, 5.41) is 0.104. The first-order valence-electron chi connectivity index (χ1n) is 3.39. The van der Waals surface area contributed by atoms with E-state index in [1.807, 2.05) is 0 Å². The molecule has 0 bridgehead atoms. The Hall–Kier alpha value is -0.510. The van der Waals surface area contributed by atoms with Crippen LogP contribution >= 0.6 is 11.8 Å². The van der Waals surface area contributed by atoms with Gasteiger partial charge in [-0.15, -0.1) is 0 Å². The van der Waals surface area contributed by atoms with Crippen LogP contribution in [-0.2, 0) is 14.3 Å². The highest BCUT2D eigenvalue weighted by Crippen LogP contribution is 2.02. The van der Waals surface area contributed by atoms with Crippen molar-refractivity contribution in [3.63, 3.8) is 0 Å². The van der Waals surface area contributed by atoms with Crippen molar-refractivity contribution in [3.05, 3.63) is 0 Å². The van der Waals surface area contributed by atoms with E-state index in [1.165, 1.54) is 25.6 Å². The van der Waals surface area contributed by atoms with Crippen LogP contribution in [0.15, 0.2) is 0 Å². The summed E-state index contributed by atoms with van der Waals surface area (Å²) in [5.41, 5.74) is 0. The Labute approximate surface area is 70.5 Å². The van der Waals surface area contributed by atoms with Crippen molar-refractivity contribution in [1.82, 2.24) is 0 Å². The highest BCUT2D eigenvalue weighted by molar-refractivity contribution is 8.13. The lowest BCUT2D eigenvalue weighted by molar-refractivity contribution is -0.140. The van der Waals surface area contributed by atoms with E-state index in [4.69, 9.17) is 0 Å². The van der Waals surface area contributed by atoms with E-state index in [2.05, 4.69) is 4.74 Å². The fourth-order valence-electron chi connectivity index (χ4n) is 0.491. The van der Waals surface area contributed by atoms with Gasteiger partial charge in [-0.2, -0.15) is 0 Å². The topological polar surface area (TPSA) is 43.4 Å². The van der Waals surface area contributed by atoms with Gasteiger partial charge in [0.25, 0.3) is 0 Å². The number of thioether (sulfide) groups is 1. The number of carbonyl (C=O) groups excluding carboxylic acids is 2. The third kappa shape index (κ3) is 9.49. The van der Waals surface area contributed by atoms with Crippen molar-refractivity contribution < 1.29 is 14.3 Å². The molecule has 0 radical (unpaired) electrons. The van der Waals surface area contributed by atoms with Crippen LogP contribution < -0.4 is 0 Å². The quantitative estimate of drug-likeness (QED) is 0.477. The lowest BCUT2D eigenvalue weighted by Crippen LogP contribution is -2.01. The molecule has 0 aliphatic heterocycles. The monoisotopic (exact) mass is 176 g/mol. The average Bonchev–Trinajstić information content (AvgIpc) is 1.85. The van der Waals surface area contributed by atoms with E-state index < -0.39 is 0 Å². The molecule has 0 N–H and O–H groups in total. The van der Waals surface area contributed by atoms with Gasteiger partial charge in [0.05, 0.1) is 6.61 Å². The molecule has 0 heterocycles. The summed E-state index contributed by atoms with van der Waals surface area (Å²) in [5.74, 6) is 0.459. The average molecular weight is 176 g/mol. The van der Waals surface area contributed by atoms with Gasteiger partial charge in [0, 0.05) is 19.6 Å². The van der Waals surface area contributed by atoms with Crippen LogP contribution in [0.3, 0.4) is 0 Å². The second-order valence-corrected chi connectivity index (χ2v) is 3.31. The maximum atomic E-state index is 10.4. The molecule has 0 unspecified atom stereocenters. The molecular formula is C7H12O3S. The zero-order valence-corrected chi connectivity index (χ0v) is 7.57. The van der Waals surface area contributed by atoms with E-state index in [0.717, 1.165) is 12.2 Å². The predicted molar refractivity (Wildman–Crippen MR) is 44.4 cm³/mol. The van der Waals surface area contributed by atoms with E-state index in [1.54, 1.807) is 0 Å². The molecule has 0 amide bonds. The minimum absolute atomic E-state index is 0.104. The summed E-state index contributed by atoms with van der Waals surface area (Å²) in [7, 11) is 0. The van der Waals surface area contributed by atoms with E-state index in [9.17, 15) is 9.59 Å². The van der Waals surface area contributed by atoms with Gasteiger partial charge in [0.2, 0.25) is 0 Å². The molecule has 3 nitrogen and oxygen atoms in total. The number of esters is 1. The van der Waals surface area contributed by atoms with Crippen LogP contribution in [0.25, 0.3) is 0 Å². The Morgan fingerprint density at radius 1 is 1.36 bits per heavy atom. The Morgan fingerprint density at radius 2 is 2.00 bits per heavy atom. The first kappa shape index (κ1) is 10.5. The second-order valence-electron chi connectivity index (χ2n) is 2.03. The van der Waals surface area contributed by atoms with E-state index >= 15 is 0 Å². The van der Waals surface area contributed by atoms with Gasteiger partial charge < -0.3 is 4.74 Å². The Morgan fingerprint density at radius 3 is 2.45 bits per heavy atom. The van der Waals surface area contributed by atoms with Gasteiger partial charge in [-0.05, 0) is 6.42 Å². The van der Waals surface area contributed by atoms with Gasteiger partial charge in [0.15, 0.2) is 5.12 Å². The van der Waals surface area contributed by atoms with Gasteiger partial charge >= 0.3 is 5.97 Å². The number of hydrogen-bond donors (Lipinski definition) is 0. The van der Waals surface area contributed by atoms with Crippen LogP contribution in [0.1, 0.15) is 20.3 Å². The fraction of sp³-hybridized carbons (Fsp3) is 0.714. The minimum atomic E-state index is -0.266. The maximum absolute atomic E-state index is 10.4. The fourth-order valence-corrected chi connectivity index (χ4v) is 1.04. The molecule has 0 aromatic heterocycles. The molecule has 0 saturated heterocycles. The van der Waals surface area contributed by atoms with Crippen LogP contribution in [0.2, 0.25) is 0 Å². The SMILES string of the molecule is CC(=O)OCCCSC(C)=O. The highest BCUT2D eigenvalue weighted by atomic mass is 32.2. The standard InChI is InChI=1S/C7H12O3S/c1-6(8)10-4-3-5-11-7(2)9/h3-5H2,1-2H3. The zero-order chi connectivity index (χ0) is 8.69. The highest BCUT2D eigenvalue weighted by Gasteiger charge is 1.95. The summed E-state index contributed by atoms with van der Waals surface area (Å²) in [6.07, 6.45) is 0.740. The molecule has 0 aliphatic carbocycles. The van der Waals surface area contributed by atoms with Crippen LogP contribution in [0.5, 0.6) is 0 Å². The van der Waals surface area contributed by atoms with E-state index in [0.29, 0.717) is 6.61 Å². The Bertz CT molecular complexity index is 129. The molecule has 64 valence electrons. The molecular weight excluding hydrogens is 164 g/mol. The second kappa shape index (κ2) is 6.22. The first-order chi connectivity index (χ1) is 5.13. The number of carbonyl (C=O) groups is 2. The van der Waals surface area contributed by atoms with Crippen LogP contribution in [0.4, 0.5) is 0 Å². The largest absolute Gasteiger partial charge is 0.466 e. The molecule has 11 heavy (non-hydrogen) atoms. The zero-order valence-electron chi connectivity index (χ0n) is 6.75. The Balaban J connectivity index is 3.03. The molecule has 4 heteroatoms. The van der Waals surface area contributed by atoms with Gasteiger partial charge in [-0.1, -0.05) is 11.8 Å². The van der Waals surface area contributed by atoms with Gasteiger partial charge in [0.1, 0.15) is 0 Å². The minimum Gasteiger partial charge on any atom is -0.466 e. The number of hydrogen-bond acceptors (Lipinski definition) is 4. The number of ether oxygens (including phenoxy) is 1. The summed E-state index contributed by atoms with van der Waals surface area (Å²) in [6.45, 7) is 3.31. The molecule has 0 fully saturated rings. The van der Waals surface area contributed by atoms with Crippen molar-refractivity contribution in [2.45, 2.75) is 20.3 Å². The van der Waals surface area contributed by atoms with Crippen LogP contribution in [-0.4, -0.2) is 23.4 Å². The summed E-state index contributed by atoms with van der Waals surface area (Å²) >= 11 is 1.25. The number of rotatable bonds is 4.